The Morgan fingerprint density at radius 3 is 2.68 bits per heavy atom. The fourth-order valence-electron chi connectivity index (χ4n) is 2.58. The van der Waals surface area contributed by atoms with E-state index in [9.17, 15) is 9.18 Å². The number of aryl methyl sites for hydroxylation is 1. The SMILES string of the molecule is Cc1ccc(C(=O)N(C)C2CCCCC2Br)cc1F. The van der Waals surface area contributed by atoms with Crippen LogP contribution in [0.15, 0.2) is 18.2 Å². The number of alkyl halides is 1. The first kappa shape index (κ1) is 14.5. The number of rotatable bonds is 2. The first-order valence-corrected chi connectivity index (χ1v) is 7.59. The van der Waals surface area contributed by atoms with Gasteiger partial charge in [0, 0.05) is 23.5 Å². The Morgan fingerprint density at radius 2 is 2.05 bits per heavy atom. The van der Waals surface area contributed by atoms with Crippen molar-refractivity contribution in [2.45, 2.75) is 43.5 Å². The molecule has 2 unspecified atom stereocenters. The van der Waals surface area contributed by atoms with Gasteiger partial charge >= 0.3 is 0 Å². The van der Waals surface area contributed by atoms with Crippen molar-refractivity contribution >= 4 is 21.8 Å². The molecule has 1 aliphatic carbocycles. The van der Waals surface area contributed by atoms with E-state index in [4.69, 9.17) is 0 Å². The number of carbonyl (C=O) groups excluding carboxylic acids is 1. The van der Waals surface area contributed by atoms with Crippen LogP contribution in [0.4, 0.5) is 4.39 Å². The van der Waals surface area contributed by atoms with Gasteiger partial charge in [0.25, 0.3) is 5.91 Å². The van der Waals surface area contributed by atoms with Crippen LogP contribution in [0.2, 0.25) is 0 Å². The van der Waals surface area contributed by atoms with Gasteiger partial charge in [-0.15, -0.1) is 0 Å². The molecule has 0 aromatic heterocycles. The van der Waals surface area contributed by atoms with Crippen molar-refractivity contribution in [2.75, 3.05) is 7.05 Å². The van der Waals surface area contributed by atoms with Crippen LogP contribution in [0, 0.1) is 12.7 Å². The molecule has 1 aromatic rings. The van der Waals surface area contributed by atoms with E-state index in [1.807, 2.05) is 7.05 Å². The maximum absolute atomic E-state index is 13.5. The number of hydrogen-bond donors (Lipinski definition) is 0. The lowest BCUT2D eigenvalue weighted by Crippen LogP contribution is -2.44. The summed E-state index contributed by atoms with van der Waals surface area (Å²) in [6.07, 6.45) is 4.44. The summed E-state index contributed by atoms with van der Waals surface area (Å²) in [5.74, 6) is -0.423. The maximum Gasteiger partial charge on any atom is 0.253 e. The third kappa shape index (κ3) is 3.16. The van der Waals surface area contributed by atoms with Gasteiger partial charge in [0.15, 0.2) is 0 Å². The first-order chi connectivity index (χ1) is 9.00. The summed E-state index contributed by atoms with van der Waals surface area (Å²) in [6, 6.07) is 4.89. The molecule has 4 heteroatoms. The van der Waals surface area contributed by atoms with Gasteiger partial charge in [-0.3, -0.25) is 4.79 Å². The van der Waals surface area contributed by atoms with Crippen LogP contribution < -0.4 is 0 Å². The average Bonchev–Trinajstić information content (AvgIpc) is 2.41. The van der Waals surface area contributed by atoms with Crippen molar-refractivity contribution in [3.05, 3.63) is 35.1 Å². The smallest absolute Gasteiger partial charge is 0.253 e. The van der Waals surface area contributed by atoms with E-state index in [1.165, 1.54) is 12.5 Å². The summed E-state index contributed by atoms with van der Waals surface area (Å²) in [4.78, 5) is 14.5. The van der Waals surface area contributed by atoms with E-state index in [0.717, 1.165) is 19.3 Å². The summed E-state index contributed by atoms with van der Waals surface area (Å²) < 4.78 is 13.5. The Kier molecular flexibility index (Phi) is 4.61. The molecule has 19 heavy (non-hydrogen) atoms. The van der Waals surface area contributed by atoms with E-state index >= 15 is 0 Å². The topological polar surface area (TPSA) is 20.3 Å². The molecule has 0 aliphatic heterocycles. The molecule has 1 aromatic carbocycles. The zero-order valence-electron chi connectivity index (χ0n) is 11.3. The fourth-order valence-corrected chi connectivity index (χ4v) is 3.53. The number of amides is 1. The Bertz CT molecular complexity index is 477. The summed E-state index contributed by atoms with van der Waals surface area (Å²) >= 11 is 3.65. The highest BCUT2D eigenvalue weighted by molar-refractivity contribution is 9.09. The first-order valence-electron chi connectivity index (χ1n) is 6.68. The van der Waals surface area contributed by atoms with Crippen molar-refractivity contribution < 1.29 is 9.18 Å². The summed E-state index contributed by atoms with van der Waals surface area (Å²) in [5, 5.41) is 0. The third-order valence-electron chi connectivity index (χ3n) is 3.88. The van der Waals surface area contributed by atoms with Crippen molar-refractivity contribution in [3.8, 4) is 0 Å². The Morgan fingerprint density at radius 1 is 1.37 bits per heavy atom. The van der Waals surface area contributed by atoms with Gasteiger partial charge in [0.05, 0.1) is 0 Å². The van der Waals surface area contributed by atoms with Crippen LogP contribution in [0.1, 0.15) is 41.6 Å². The van der Waals surface area contributed by atoms with Crippen molar-refractivity contribution in [1.29, 1.82) is 0 Å². The maximum atomic E-state index is 13.5. The van der Waals surface area contributed by atoms with Crippen LogP contribution in [0.3, 0.4) is 0 Å². The van der Waals surface area contributed by atoms with Gasteiger partial charge in [-0.25, -0.2) is 4.39 Å². The molecule has 0 N–H and O–H groups in total. The van der Waals surface area contributed by atoms with Crippen molar-refractivity contribution in [2.24, 2.45) is 0 Å². The Balaban J connectivity index is 2.15. The highest BCUT2D eigenvalue weighted by atomic mass is 79.9. The van der Waals surface area contributed by atoms with Crippen LogP contribution in [0.25, 0.3) is 0 Å². The number of carbonyl (C=O) groups is 1. The second-order valence-electron chi connectivity index (χ2n) is 5.25. The molecule has 0 spiro atoms. The van der Waals surface area contributed by atoms with E-state index < -0.39 is 0 Å². The van der Waals surface area contributed by atoms with E-state index in [2.05, 4.69) is 15.9 Å². The van der Waals surface area contributed by atoms with Gasteiger partial charge in [-0.2, -0.15) is 0 Å². The fraction of sp³-hybridized carbons (Fsp3) is 0.533. The van der Waals surface area contributed by atoms with Crippen LogP contribution >= 0.6 is 15.9 Å². The molecule has 1 aliphatic rings. The van der Waals surface area contributed by atoms with E-state index in [1.54, 1.807) is 24.0 Å². The molecule has 2 nitrogen and oxygen atoms in total. The van der Waals surface area contributed by atoms with Gasteiger partial charge in [-0.05, 0) is 37.5 Å². The summed E-state index contributed by atoms with van der Waals surface area (Å²) in [6.45, 7) is 1.70. The predicted octanol–water partition coefficient (Wildman–Crippen LogP) is 3.91. The Labute approximate surface area is 122 Å². The molecule has 1 amide bonds. The second-order valence-corrected chi connectivity index (χ2v) is 6.42. The third-order valence-corrected chi connectivity index (χ3v) is 4.95. The van der Waals surface area contributed by atoms with E-state index in [-0.39, 0.29) is 17.8 Å². The molecule has 1 fully saturated rings. The lowest BCUT2D eigenvalue weighted by atomic mass is 9.94. The number of nitrogens with zero attached hydrogens (tertiary/aromatic N) is 1. The minimum Gasteiger partial charge on any atom is -0.338 e. The van der Waals surface area contributed by atoms with Crippen LogP contribution in [0.5, 0.6) is 0 Å². The van der Waals surface area contributed by atoms with Crippen LogP contribution in [-0.4, -0.2) is 28.7 Å². The largest absolute Gasteiger partial charge is 0.338 e. The minimum absolute atomic E-state index is 0.102. The molecule has 2 rings (SSSR count). The van der Waals surface area contributed by atoms with Gasteiger partial charge in [0.1, 0.15) is 5.82 Å². The normalized spacial score (nSPS) is 23.2. The molecule has 2 atom stereocenters. The van der Waals surface area contributed by atoms with Crippen LogP contribution in [-0.2, 0) is 0 Å². The van der Waals surface area contributed by atoms with E-state index in [0.29, 0.717) is 16.0 Å². The quantitative estimate of drug-likeness (QED) is 0.754. The standard InChI is InChI=1S/C15H19BrFNO/c1-10-7-8-11(9-13(10)17)15(19)18(2)14-6-4-3-5-12(14)16/h7-9,12,14H,3-6H2,1-2H3. The molecular weight excluding hydrogens is 309 g/mol. The Hall–Kier alpha value is -0.900. The molecule has 0 saturated heterocycles. The number of benzene rings is 1. The predicted molar refractivity (Wildman–Crippen MR) is 78.2 cm³/mol. The lowest BCUT2D eigenvalue weighted by Gasteiger charge is -2.35. The lowest BCUT2D eigenvalue weighted by molar-refractivity contribution is 0.0704. The monoisotopic (exact) mass is 327 g/mol. The molecule has 0 radical (unpaired) electrons. The molecule has 1 saturated carbocycles. The summed E-state index contributed by atoms with van der Waals surface area (Å²) in [5.41, 5.74) is 0.992. The highest BCUT2D eigenvalue weighted by Gasteiger charge is 2.29. The van der Waals surface area contributed by atoms with Gasteiger partial charge < -0.3 is 4.90 Å². The van der Waals surface area contributed by atoms with Gasteiger partial charge in [0.2, 0.25) is 0 Å². The number of halogens is 2. The summed E-state index contributed by atoms with van der Waals surface area (Å²) in [7, 11) is 1.81. The zero-order chi connectivity index (χ0) is 14.0. The second kappa shape index (κ2) is 6.04. The van der Waals surface area contributed by atoms with Crippen molar-refractivity contribution in [1.82, 2.24) is 4.90 Å². The molecule has 104 valence electrons. The number of hydrogen-bond acceptors (Lipinski definition) is 1. The highest BCUT2D eigenvalue weighted by Crippen LogP contribution is 2.28. The molecule has 0 heterocycles. The molecular formula is C15H19BrFNO. The van der Waals surface area contributed by atoms with Crippen molar-refractivity contribution in [3.63, 3.8) is 0 Å². The molecule has 0 bridgehead atoms. The van der Waals surface area contributed by atoms with Gasteiger partial charge in [-0.1, -0.05) is 34.8 Å². The minimum atomic E-state index is -0.321. The zero-order valence-corrected chi connectivity index (χ0v) is 12.9. The average molecular weight is 328 g/mol.